The lowest BCUT2D eigenvalue weighted by molar-refractivity contribution is -0.151. The highest BCUT2D eigenvalue weighted by atomic mass is 16.6. The molecule has 0 spiro atoms. The van der Waals surface area contributed by atoms with E-state index in [1.54, 1.807) is 0 Å². The van der Waals surface area contributed by atoms with Crippen LogP contribution in [0.2, 0.25) is 0 Å². The van der Waals surface area contributed by atoms with Gasteiger partial charge in [-0.15, -0.1) is 0 Å². The Bertz CT molecular complexity index is 191. The second kappa shape index (κ2) is 10.6. The third-order valence-corrected chi connectivity index (χ3v) is 3.27. The summed E-state index contributed by atoms with van der Waals surface area (Å²) in [6.07, 6.45) is 7.74. The molecule has 0 saturated heterocycles. The molecule has 3 nitrogen and oxygen atoms in total. The van der Waals surface area contributed by atoms with Crippen molar-refractivity contribution in [2.24, 2.45) is 11.7 Å². The molecule has 0 saturated carbocycles. The molecular weight excluding hydrogens is 214 g/mol. The minimum atomic E-state index is -0.423. The van der Waals surface area contributed by atoms with Crippen molar-refractivity contribution >= 4 is 5.97 Å². The smallest absolute Gasteiger partial charge is 0.307 e. The summed E-state index contributed by atoms with van der Waals surface area (Å²) in [7, 11) is 0. The van der Waals surface area contributed by atoms with E-state index in [9.17, 15) is 4.79 Å². The summed E-state index contributed by atoms with van der Waals surface area (Å²) in [6.45, 7) is 6.34. The lowest BCUT2D eigenvalue weighted by Crippen LogP contribution is -2.34. The van der Waals surface area contributed by atoms with Crippen LogP contribution in [0.4, 0.5) is 0 Å². The Morgan fingerprint density at radius 2 is 1.65 bits per heavy atom. The minimum Gasteiger partial charge on any atom is -0.446 e. The fourth-order valence-electron chi connectivity index (χ4n) is 1.93. The quantitative estimate of drug-likeness (QED) is 0.362. The molecule has 0 aromatic heterocycles. The highest BCUT2D eigenvalue weighted by Crippen LogP contribution is 2.13. The standard InChI is InChI=1S/C14H29NO2/c1-4-7-8-9-10-11-13(16)17-14(15)12(5-2)6-3/h12,14H,4-11,15H2,1-3H3. The van der Waals surface area contributed by atoms with Crippen molar-refractivity contribution in [1.82, 2.24) is 0 Å². The van der Waals surface area contributed by atoms with Crippen LogP contribution in [0.5, 0.6) is 0 Å². The van der Waals surface area contributed by atoms with Crippen LogP contribution in [-0.2, 0) is 9.53 Å². The third kappa shape index (κ3) is 8.19. The first kappa shape index (κ1) is 16.4. The second-order valence-electron chi connectivity index (χ2n) is 4.70. The molecular formula is C14H29NO2. The van der Waals surface area contributed by atoms with E-state index in [1.807, 2.05) is 0 Å². The summed E-state index contributed by atoms with van der Waals surface area (Å²) in [6, 6.07) is 0. The van der Waals surface area contributed by atoms with Gasteiger partial charge in [-0.2, -0.15) is 0 Å². The maximum Gasteiger partial charge on any atom is 0.307 e. The zero-order valence-electron chi connectivity index (χ0n) is 11.7. The predicted octanol–water partition coefficient (Wildman–Crippen LogP) is 3.61. The zero-order chi connectivity index (χ0) is 13.1. The molecule has 0 bridgehead atoms. The summed E-state index contributed by atoms with van der Waals surface area (Å²) in [4.78, 5) is 11.5. The van der Waals surface area contributed by atoms with Crippen LogP contribution < -0.4 is 5.73 Å². The molecule has 17 heavy (non-hydrogen) atoms. The topological polar surface area (TPSA) is 52.3 Å². The van der Waals surface area contributed by atoms with Gasteiger partial charge in [0.1, 0.15) is 0 Å². The number of carbonyl (C=O) groups is 1. The fraction of sp³-hybridized carbons (Fsp3) is 0.929. The van der Waals surface area contributed by atoms with Gasteiger partial charge < -0.3 is 4.74 Å². The van der Waals surface area contributed by atoms with Crippen molar-refractivity contribution in [3.05, 3.63) is 0 Å². The number of esters is 1. The summed E-state index contributed by atoms with van der Waals surface area (Å²) < 4.78 is 5.24. The van der Waals surface area contributed by atoms with E-state index in [2.05, 4.69) is 20.8 Å². The van der Waals surface area contributed by atoms with E-state index in [0.29, 0.717) is 12.3 Å². The van der Waals surface area contributed by atoms with E-state index in [1.165, 1.54) is 19.3 Å². The largest absolute Gasteiger partial charge is 0.446 e. The van der Waals surface area contributed by atoms with Gasteiger partial charge in [-0.25, -0.2) is 0 Å². The zero-order valence-corrected chi connectivity index (χ0v) is 11.7. The van der Waals surface area contributed by atoms with Gasteiger partial charge in [0.15, 0.2) is 6.23 Å². The van der Waals surface area contributed by atoms with Crippen molar-refractivity contribution in [2.45, 2.75) is 78.4 Å². The monoisotopic (exact) mass is 243 g/mol. The molecule has 0 aliphatic carbocycles. The highest BCUT2D eigenvalue weighted by Gasteiger charge is 2.17. The van der Waals surface area contributed by atoms with E-state index in [4.69, 9.17) is 10.5 Å². The normalized spacial score (nSPS) is 12.8. The number of ether oxygens (including phenoxy) is 1. The maximum atomic E-state index is 11.5. The molecule has 0 aromatic carbocycles. The molecule has 0 aliphatic rings. The van der Waals surface area contributed by atoms with Crippen LogP contribution in [0.15, 0.2) is 0 Å². The second-order valence-corrected chi connectivity index (χ2v) is 4.70. The predicted molar refractivity (Wildman–Crippen MR) is 71.5 cm³/mol. The van der Waals surface area contributed by atoms with Crippen molar-refractivity contribution in [3.8, 4) is 0 Å². The van der Waals surface area contributed by atoms with Gasteiger partial charge in [0.05, 0.1) is 0 Å². The number of hydrogen-bond acceptors (Lipinski definition) is 3. The van der Waals surface area contributed by atoms with Crippen LogP contribution >= 0.6 is 0 Å². The fourth-order valence-corrected chi connectivity index (χ4v) is 1.93. The molecule has 1 atom stereocenters. The van der Waals surface area contributed by atoms with Crippen molar-refractivity contribution in [1.29, 1.82) is 0 Å². The number of unbranched alkanes of at least 4 members (excludes halogenated alkanes) is 4. The number of rotatable bonds is 10. The van der Waals surface area contributed by atoms with Crippen LogP contribution in [0, 0.1) is 5.92 Å². The van der Waals surface area contributed by atoms with E-state index < -0.39 is 6.23 Å². The average Bonchev–Trinajstić information content (AvgIpc) is 2.30. The molecule has 0 heterocycles. The summed E-state index contributed by atoms with van der Waals surface area (Å²) in [5.41, 5.74) is 5.85. The summed E-state index contributed by atoms with van der Waals surface area (Å²) in [5, 5.41) is 0. The third-order valence-electron chi connectivity index (χ3n) is 3.27. The van der Waals surface area contributed by atoms with Crippen LogP contribution in [0.1, 0.15) is 72.1 Å². The first-order valence-electron chi connectivity index (χ1n) is 7.10. The van der Waals surface area contributed by atoms with Gasteiger partial charge >= 0.3 is 5.97 Å². The maximum absolute atomic E-state index is 11.5. The Labute approximate surface area is 106 Å². The first-order valence-corrected chi connectivity index (χ1v) is 7.10. The average molecular weight is 243 g/mol. The lowest BCUT2D eigenvalue weighted by Gasteiger charge is -2.21. The summed E-state index contributed by atoms with van der Waals surface area (Å²) in [5.74, 6) is 0.153. The van der Waals surface area contributed by atoms with Gasteiger partial charge in [0, 0.05) is 12.3 Å². The minimum absolute atomic E-state index is 0.138. The Hall–Kier alpha value is -0.570. The lowest BCUT2D eigenvalue weighted by atomic mass is 10.0. The summed E-state index contributed by atoms with van der Waals surface area (Å²) >= 11 is 0. The van der Waals surface area contributed by atoms with Crippen molar-refractivity contribution in [3.63, 3.8) is 0 Å². The van der Waals surface area contributed by atoms with Crippen LogP contribution in [0.3, 0.4) is 0 Å². The number of carbonyl (C=O) groups excluding carboxylic acids is 1. The van der Waals surface area contributed by atoms with Gasteiger partial charge in [0.25, 0.3) is 0 Å². The Morgan fingerprint density at radius 3 is 2.18 bits per heavy atom. The Morgan fingerprint density at radius 1 is 1.06 bits per heavy atom. The van der Waals surface area contributed by atoms with Gasteiger partial charge in [-0.3, -0.25) is 10.5 Å². The molecule has 0 aromatic rings. The molecule has 2 N–H and O–H groups in total. The molecule has 0 aliphatic heterocycles. The Balaban J connectivity index is 3.63. The molecule has 1 unspecified atom stereocenters. The Kier molecular flexibility index (Phi) is 10.2. The molecule has 0 radical (unpaired) electrons. The molecule has 0 amide bonds. The van der Waals surface area contributed by atoms with Gasteiger partial charge in [-0.05, 0) is 19.3 Å². The number of hydrogen-bond donors (Lipinski definition) is 1. The van der Waals surface area contributed by atoms with E-state index in [0.717, 1.165) is 25.7 Å². The SMILES string of the molecule is CCCCCCCC(=O)OC(N)C(CC)CC. The number of nitrogens with two attached hydrogens (primary N) is 1. The molecule has 3 heteroatoms. The van der Waals surface area contributed by atoms with Crippen LogP contribution in [-0.4, -0.2) is 12.2 Å². The molecule has 0 rings (SSSR count). The van der Waals surface area contributed by atoms with Gasteiger partial charge in [0.2, 0.25) is 0 Å². The van der Waals surface area contributed by atoms with Crippen molar-refractivity contribution in [2.75, 3.05) is 0 Å². The highest BCUT2D eigenvalue weighted by molar-refractivity contribution is 5.69. The van der Waals surface area contributed by atoms with Crippen molar-refractivity contribution < 1.29 is 9.53 Å². The van der Waals surface area contributed by atoms with E-state index >= 15 is 0 Å². The first-order chi connectivity index (χ1) is 8.15. The van der Waals surface area contributed by atoms with E-state index in [-0.39, 0.29) is 5.97 Å². The molecule has 102 valence electrons. The van der Waals surface area contributed by atoms with Crippen LogP contribution in [0.25, 0.3) is 0 Å². The van der Waals surface area contributed by atoms with Gasteiger partial charge in [-0.1, -0.05) is 46.5 Å². The molecule has 0 fully saturated rings.